The number of rotatable bonds is 7. The van der Waals surface area contributed by atoms with E-state index in [4.69, 9.17) is 9.47 Å². The molecule has 0 saturated carbocycles. The molecule has 0 aliphatic rings. The second-order valence-electron chi connectivity index (χ2n) is 5.48. The number of amides is 2. The van der Waals surface area contributed by atoms with Crippen LogP contribution in [0.25, 0.3) is 0 Å². The molecule has 0 heterocycles. The summed E-state index contributed by atoms with van der Waals surface area (Å²) in [6.45, 7) is 3.86. The lowest BCUT2D eigenvalue weighted by Gasteiger charge is -2.20. The molecule has 7 nitrogen and oxygen atoms in total. The van der Waals surface area contributed by atoms with E-state index in [-0.39, 0.29) is 24.7 Å². The molecule has 0 unspecified atom stereocenters. The van der Waals surface area contributed by atoms with Crippen LogP contribution in [-0.2, 0) is 14.3 Å². The third-order valence-electron chi connectivity index (χ3n) is 3.63. The summed E-state index contributed by atoms with van der Waals surface area (Å²) in [6, 6.07) is 15.4. The molecule has 0 atom stereocenters. The van der Waals surface area contributed by atoms with Crippen molar-refractivity contribution in [1.29, 1.82) is 0 Å². The van der Waals surface area contributed by atoms with Gasteiger partial charge in [0.25, 0.3) is 5.91 Å². The van der Waals surface area contributed by atoms with Crippen LogP contribution in [0.3, 0.4) is 0 Å². The molecule has 0 aliphatic carbocycles. The highest BCUT2D eigenvalue weighted by Gasteiger charge is 2.17. The molecule has 2 aromatic rings. The van der Waals surface area contributed by atoms with E-state index in [1.54, 1.807) is 19.1 Å². The topological polar surface area (TPSA) is 84.9 Å². The minimum atomic E-state index is -0.653. The number of benzene rings is 2. The van der Waals surface area contributed by atoms with Gasteiger partial charge < -0.3 is 14.4 Å². The first-order valence-electron chi connectivity index (χ1n) is 8.61. The van der Waals surface area contributed by atoms with Crippen LogP contribution >= 0.6 is 0 Å². The number of carbonyl (C=O) groups excluding carboxylic acids is 3. The van der Waals surface area contributed by atoms with E-state index in [0.29, 0.717) is 12.2 Å². The number of para-hydroxylation sites is 1. The van der Waals surface area contributed by atoms with Crippen molar-refractivity contribution >= 4 is 29.3 Å². The van der Waals surface area contributed by atoms with E-state index in [1.807, 2.05) is 37.3 Å². The minimum Gasteiger partial charge on any atom is -0.452 e. The van der Waals surface area contributed by atoms with Crippen LogP contribution in [0.5, 0.6) is 0 Å². The average molecular weight is 370 g/mol. The van der Waals surface area contributed by atoms with Gasteiger partial charge in [0.15, 0.2) is 6.61 Å². The number of esters is 1. The largest absolute Gasteiger partial charge is 0.452 e. The van der Waals surface area contributed by atoms with Crippen LogP contribution in [0.1, 0.15) is 24.2 Å². The third-order valence-corrected chi connectivity index (χ3v) is 3.63. The van der Waals surface area contributed by atoms with Gasteiger partial charge >= 0.3 is 12.1 Å². The number of anilines is 2. The Kier molecular flexibility index (Phi) is 7.37. The molecule has 0 aliphatic heterocycles. The van der Waals surface area contributed by atoms with Gasteiger partial charge in [0.2, 0.25) is 0 Å². The van der Waals surface area contributed by atoms with Gasteiger partial charge in [-0.3, -0.25) is 10.1 Å². The Labute approximate surface area is 157 Å². The van der Waals surface area contributed by atoms with Crippen LogP contribution < -0.4 is 10.2 Å². The Morgan fingerprint density at radius 1 is 0.963 bits per heavy atom. The number of nitrogens with one attached hydrogen (secondary N) is 1. The van der Waals surface area contributed by atoms with Crippen molar-refractivity contribution in [2.75, 3.05) is 30.0 Å². The lowest BCUT2D eigenvalue weighted by Crippen LogP contribution is -2.34. The first kappa shape index (κ1) is 20.0. The molecule has 2 aromatic carbocycles. The maximum Gasteiger partial charge on any atom is 0.411 e. The lowest BCUT2D eigenvalue weighted by molar-refractivity contribution is -0.121. The molecule has 0 fully saturated rings. The van der Waals surface area contributed by atoms with E-state index in [2.05, 4.69) is 5.32 Å². The van der Waals surface area contributed by atoms with Gasteiger partial charge in [-0.05, 0) is 44.2 Å². The number of likely N-dealkylation sites (N-methyl/N-ethyl adjacent to an activating group) is 1. The fraction of sp³-hybridized carbons (Fsp3) is 0.250. The van der Waals surface area contributed by atoms with E-state index in [0.717, 1.165) is 5.69 Å². The zero-order chi connectivity index (χ0) is 19.6. The maximum absolute atomic E-state index is 12.4. The zero-order valence-electron chi connectivity index (χ0n) is 15.3. The van der Waals surface area contributed by atoms with Crippen LogP contribution in [-0.4, -0.2) is 37.7 Å². The summed E-state index contributed by atoms with van der Waals surface area (Å²) in [5.74, 6) is -0.974. The molecular formula is C20H22N2O5. The molecule has 27 heavy (non-hydrogen) atoms. The van der Waals surface area contributed by atoms with Crippen molar-refractivity contribution < 1.29 is 23.9 Å². The Morgan fingerprint density at radius 3 is 2.37 bits per heavy atom. The molecule has 7 heteroatoms. The van der Waals surface area contributed by atoms with Gasteiger partial charge in [0, 0.05) is 17.9 Å². The highest BCUT2D eigenvalue weighted by atomic mass is 16.5. The number of ether oxygens (including phenoxy) is 2. The Morgan fingerprint density at radius 2 is 1.70 bits per heavy atom. The molecule has 2 rings (SSSR count). The van der Waals surface area contributed by atoms with E-state index in [9.17, 15) is 14.4 Å². The SMILES string of the molecule is CCOC(=O)Nc1cccc(C(=O)OCC(=O)N(CC)c2ccccc2)c1. The van der Waals surface area contributed by atoms with Gasteiger partial charge in [0.05, 0.1) is 12.2 Å². The Hall–Kier alpha value is -3.35. The fourth-order valence-electron chi connectivity index (χ4n) is 2.41. The Balaban J connectivity index is 1.96. The van der Waals surface area contributed by atoms with Gasteiger partial charge in [0.1, 0.15) is 0 Å². The number of hydrogen-bond acceptors (Lipinski definition) is 5. The maximum atomic E-state index is 12.4. The fourth-order valence-corrected chi connectivity index (χ4v) is 2.41. The van der Waals surface area contributed by atoms with Crippen molar-refractivity contribution in [2.45, 2.75) is 13.8 Å². The zero-order valence-corrected chi connectivity index (χ0v) is 15.3. The molecule has 0 spiro atoms. The smallest absolute Gasteiger partial charge is 0.411 e. The lowest BCUT2D eigenvalue weighted by atomic mass is 10.2. The van der Waals surface area contributed by atoms with Crippen molar-refractivity contribution in [1.82, 2.24) is 0 Å². The van der Waals surface area contributed by atoms with Gasteiger partial charge in [-0.2, -0.15) is 0 Å². The highest BCUT2D eigenvalue weighted by molar-refractivity contribution is 5.97. The molecule has 0 aromatic heterocycles. The molecule has 0 radical (unpaired) electrons. The number of hydrogen-bond donors (Lipinski definition) is 1. The minimum absolute atomic E-state index is 0.222. The van der Waals surface area contributed by atoms with Crippen molar-refractivity contribution in [2.24, 2.45) is 0 Å². The van der Waals surface area contributed by atoms with E-state index < -0.39 is 12.1 Å². The van der Waals surface area contributed by atoms with Crippen LogP contribution in [0.15, 0.2) is 54.6 Å². The Bertz CT molecular complexity index is 792. The summed E-state index contributed by atoms with van der Waals surface area (Å²) >= 11 is 0. The molecule has 0 bridgehead atoms. The summed E-state index contributed by atoms with van der Waals surface area (Å²) in [4.78, 5) is 37.6. The molecular weight excluding hydrogens is 348 g/mol. The number of carbonyl (C=O) groups is 3. The van der Waals surface area contributed by atoms with Crippen LogP contribution in [0.4, 0.5) is 16.2 Å². The number of nitrogens with zero attached hydrogens (tertiary/aromatic N) is 1. The first-order valence-corrected chi connectivity index (χ1v) is 8.61. The molecule has 142 valence electrons. The summed E-state index contributed by atoms with van der Waals surface area (Å²) in [6.07, 6.45) is -0.611. The summed E-state index contributed by atoms with van der Waals surface area (Å²) in [5, 5.41) is 2.51. The second kappa shape index (κ2) is 9.96. The summed E-state index contributed by atoms with van der Waals surface area (Å²) < 4.78 is 9.92. The molecule has 0 saturated heterocycles. The molecule has 2 amide bonds. The third kappa shape index (κ3) is 5.85. The first-order chi connectivity index (χ1) is 13.0. The van der Waals surface area contributed by atoms with Crippen molar-refractivity contribution in [3.8, 4) is 0 Å². The normalized spacial score (nSPS) is 10.0. The average Bonchev–Trinajstić information content (AvgIpc) is 2.68. The predicted octanol–water partition coefficient (Wildman–Crippen LogP) is 3.46. The standard InChI is InChI=1S/C20H22N2O5/c1-3-22(17-11-6-5-7-12-17)18(23)14-27-19(24)15-9-8-10-16(13-15)21-20(25)26-4-2/h5-13H,3-4,14H2,1-2H3,(H,21,25). The highest BCUT2D eigenvalue weighted by Crippen LogP contribution is 2.15. The van der Waals surface area contributed by atoms with E-state index in [1.165, 1.54) is 17.0 Å². The summed E-state index contributed by atoms with van der Waals surface area (Å²) in [5.41, 5.74) is 1.36. The van der Waals surface area contributed by atoms with Crippen molar-refractivity contribution in [3.05, 3.63) is 60.2 Å². The van der Waals surface area contributed by atoms with E-state index >= 15 is 0 Å². The quantitative estimate of drug-likeness (QED) is 0.755. The second-order valence-corrected chi connectivity index (χ2v) is 5.48. The van der Waals surface area contributed by atoms with Crippen molar-refractivity contribution in [3.63, 3.8) is 0 Å². The molecule has 1 N–H and O–H groups in total. The van der Waals surface area contributed by atoms with Gasteiger partial charge in [-0.1, -0.05) is 24.3 Å². The van der Waals surface area contributed by atoms with Gasteiger partial charge in [-0.15, -0.1) is 0 Å². The van der Waals surface area contributed by atoms with Gasteiger partial charge in [-0.25, -0.2) is 9.59 Å². The van der Waals surface area contributed by atoms with Crippen LogP contribution in [0.2, 0.25) is 0 Å². The monoisotopic (exact) mass is 370 g/mol. The van der Waals surface area contributed by atoms with Crippen LogP contribution in [0, 0.1) is 0 Å². The summed E-state index contributed by atoms with van der Waals surface area (Å²) in [7, 11) is 0. The predicted molar refractivity (Wildman–Crippen MR) is 102 cm³/mol.